The van der Waals surface area contributed by atoms with Crippen molar-refractivity contribution in [1.29, 1.82) is 0 Å². The van der Waals surface area contributed by atoms with Crippen LogP contribution in [-0.4, -0.2) is 21.4 Å². The number of benzene rings is 1. The average molecular weight is 324 g/mol. The third-order valence-corrected chi connectivity index (χ3v) is 4.99. The molecule has 2 aromatic rings. The molecule has 0 radical (unpaired) electrons. The van der Waals surface area contributed by atoms with Gasteiger partial charge in [0.2, 0.25) is 10.0 Å². The van der Waals surface area contributed by atoms with Crippen molar-refractivity contribution in [2.75, 3.05) is 7.05 Å². The van der Waals surface area contributed by atoms with Gasteiger partial charge in [0.15, 0.2) is 0 Å². The van der Waals surface area contributed by atoms with Crippen molar-refractivity contribution in [1.82, 2.24) is 10.0 Å². The van der Waals surface area contributed by atoms with E-state index in [1.54, 1.807) is 23.6 Å². The van der Waals surface area contributed by atoms with Crippen LogP contribution in [0.25, 0.3) is 0 Å². The van der Waals surface area contributed by atoms with Crippen LogP contribution in [0.3, 0.4) is 0 Å². The van der Waals surface area contributed by atoms with Gasteiger partial charge in [-0.1, -0.05) is 24.3 Å². The zero-order valence-electron chi connectivity index (χ0n) is 11.5. The molecule has 112 valence electrons. The zero-order chi connectivity index (χ0) is 15.3. The lowest BCUT2D eigenvalue weighted by atomic mass is 10.1. The van der Waals surface area contributed by atoms with Gasteiger partial charge in [-0.05, 0) is 29.6 Å². The van der Waals surface area contributed by atoms with Crippen molar-refractivity contribution >= 4 is 27.3 Å². The highest BCUT2D eigenvalue weighted by atomic mass is 32.2. The molecule has 0 atom stereocenters. The molecule has 0 aliphatic carbocycles. The lowest BCUT2D eigenvalue weighted by molar-refractivity contribution is 0.0951. The minimum Gasteiger partial charge on any atom is -0.348 e. The molecular weight excluding hydrogens is 308 g/mol. The van der Waals surface area contributed by atoms with Crippen LogP contribution in [0.15, 0.2) is 41.1 Å². The van der Waals surface area contributed by atoms with Crippen LogP contribution in [0.5, 0.6) is 0 Å². The van der Waals surface area contributed by atoms with Gasteiger partial charge in [0, 0.05) is 17.5 Å². The van der Waals surface area contributed by atoms with Gasteiger partial charge < -0.3 is 5.32 Å². The highest BCUT2D eigenvalue weighted by Crippen LogP contribution is 2.12. The Balaban J connectivity index is 2.08. The number of hydrogen-bond acceptors (Lipinski definition) is 4. The largest absolute Gasteiger partial charge is 0.348 e. The Bertz CT molecular complexity index is 710. The topological polar surface area (TPSA) is 75.3 Å². The van der Waals surface area contributed by atoms with Crippen LogP contribution < -0.4 is 10.0 Å². The van der Waals surface area contributed by atoms with Crippen molar-refractivity contribution in [3.8, 4) is 0 Å². The van der Waals surface area contributed by atoms with E-state index in [2.05, 4.69) is 10.0 Å². The van der Waals surface area contributed by atoms with Crippen LogP contribution >= 0.6 is 11.3 Å². The first-order valence-corrected chi connectivity index (χ1v) is 8.90. The van der Waals surface area contributed by atoms with Crippen LogP contribution in [0.2, 0.25) is 0 Å². The first kappa shape index (κ1) is 15.7. The molecule has 21 heavy (non-hydrogen) atoms. The van der Waals surface area contributed by atoms with Crippen LogP contribution in [-0.2, 0) is 22.3 Å². The molecule has 0 saturated carbocycles. The maximum absolute atomic E-state index is 11.9. The predicted octanol–water partition coefficient (Wildman–Crippen LogP) is 1.73. The van der Waals surface area contributed by atoms with Gasteiger partial charge in [-0.25, -0.2) is 13.1 Å². The van der Waals surface area contributed by atoms with E-state index >= 15 is 0 Å². The molecule has 0 aliphatic heterocycles. The summed E-state index contributed by atoms with van der Waals surface area (Å²) in [6.45, 7) is 0.296. The Morgan fingerprint density at radius 1 is 1.19 bits per heavy atom. The van der Waals surface area contributed by atoms with Gasteiger partial charge >= 0.3 is 0 Å². The summed E-state index contributed by atoms with van der Waals surface area (Å²) >= 11 is 1.46. The second-order valence-corrected chi connectivity index (χ2v) is 7.13. The Hall–Kier alpha value is -1.70. The van der Waals surface area contributed by atoms with Crippen LogP contribution in [0.1, 0.15) is 21.5 Å². The van der Waals surface area contributed by atoms with Gasteiger partial charge in [-0.15, -0.1) is 0 Å². The van der Waals surface area contributed by atoms with E-state index in [0.717, 1.165) is 5.56 Å². The molecule has 1 heterocycles. The van der Waals surface area contributed by atoms with Gasteiger partial charge in [0.05, 0.1) is 5.75 Å². The van der Waals surface area contributed by atoms with E-state index in [4.69, 9.17) is 0 Å². The van der Waals surface area contributed by atoms with Gasteiger partial charge in [-0.3, -0.25) is 4.79 Å². The molecule has 0 aliphatic rings. The maximum Gasteiger partial charge on any atom is 0.252 e. The molecule has 1 aromatic carbocycles. The van der Waals surface area contributed by atoms with Gasteiger partial charge in [-0.2, -0.15) is 11.3 Å². The smallest absolute Gasteiger partial charge is 0.252 e. The summed E-state index contributed by atoms with van der Waals surface area (Å²) in [7, 11) is -1.95. The Kier molecular flexibility index (Phi) is 5.11. The van der Waals surface area contributed by atoms with Crippen molar-refractivity contribution < 1.29 is 13.2 Å². The molecular formula is C14H16N2O3S2. The van der Waals surface area contributed by atoms with E-state index < -0.39 is 10.0 Å². The quantitative estimate of drug-likeness (QED) is 0.850. The summed E-state index contributed by atoms with van der Waals surface area (Å²) < 4.78 is 25.6. The molecule has 0 unspecified atom stereocenters. The lowest BCUT2D eigenvalue weighted by Crippen LogP contribution is -2.24. The van der Waals surface area contributed by atoms with E-state index in [9.17, 15) is 13.2 Å². The van der Waals surface area contributed by atoms with Crippen molar-refractivity contribution in [2.45, 2.75) is 12.3 Å². The molecule has 0 fully saturated rings. The predicted molar refractivity (Wildman–Crippen MR) is 83.6 cm³/mol. The summed E-state index contributed by atoms with van der Waals surface area (Å²) in [5.74, 6) is -0.268. The highest BCUT2D eigenvalue weighted by Gasteiger charge is 2.13. The number of nitrogens with one attached hydrogen (secondary N) is 2. The number of hydrogen-bond donors (Lipinski definition) is 2. The van der Waals surface area contributed by atoms with Crippen molar-refractivity contribution in [2.24, 2.45) is 0 Å². The molecule has 2 rings (SSSR count). The molecule has 0 spiro atoms. The summed E-state index contributed by atoms with van der Waals surface area (Å²) in [5.41, 5.74) is 2.08. The normalized spacial score (nSPS) is 11.3. The third kappa shape index (κ3) is 4.38. The first-order valence-electron chi connectivity index (χ1n) is 6.30. The van der Waals surface area contributed by atoms with E-state index in [1.807, 2.05) is 17.5 Å². The summed E-state index contributed by atoms with van der Waals surface area (Å²) in [6.07, 6.45) is 0. The number of amides is 1. The average Bonchev–Trinajstić information content (AvgIpc) is 3.00. The van der Waals surface area contributed by atoms with Crippen molar-refractivity contribution in [3.63, 3.8) is 0 Å². The van der Waals surface area contributed by atoms with Gasteiger partial charge in [0.25, 0.3) is 5.91 Å². The molecule has 7 heteroatoms. The summed E-state index contributed by atoms with van der Waals surface area (Å²) in [5, 5.41) is 6.40. The van der Waals surface area contributed by atoms with Crippen LogP contribution in [0.4, 0.5) is 0 Å². The molecule has 2 N–H and O–H groups in total. The van der Waals surface area contributed by atoms with Gasteiger partial charge in [0.1, 0.15) is 0 Å². The standard InChI is InChI=1S/C14H16N2O3S2/c1-15-21(18,19)10-13-5-3-2-4-11(13)8-16-14(17)12-6-7-20-9-12/h2-7,9,15H,8,10H2,1H3,(H,16,17). The Morgan fingerprint density at radius 3 is 2.52 bits per heavy atom. The number of sulfonamides is 1. The van der Waals surface area contributed by atoms with E-state index in [0.29, 0.717) is 17.7 Å². The minimum atomic E-state index is -3.34. The fourth-order valence-electron chi connectivity index (χ4n) is 1.82. The number of carbonyl (C=O) groups is 1. The van der Waals surface area contributed by atoms with E-state index in [1.165, 1.54) is 18.4 Å². The Labute approximate surface area is 128 Å². The highest BCUT2D eigenvalue weighted by molar-refractivity contribution is 7.88. The number of thiophene rings is 1. The molecule has 0 saturated heterocycles. The first-order chi connectivity index (χ1) is 10.0. The Morgan fingerprint density at radius 2 is 1.90 bits per heavy atom. The molecule has 1 aromatic heterocycles. The lowest BCUT2D eigenvalue weighted by Gasteiger charge is -2.10. The molecule has 0 bridgehead atoms. The molecule has 1 amide bonds. The maximum atomic E-state index is 11.9. The zero-order valence-corrected chi connectivity index (χ0v) is 13.1. The number of carbonyl (C=O) groups excluding carboxylic acids is 1. The fraction of sp³-hybridized carbons (Fsp3) is 0.214. The minimum absolute atomic E-state index is 0.103. The SMILES string of the molecule is CNS(=O)(=O)Cc1ccccc1CNC(=O)c1ccsc1. The fourth-order valence-corrected chi connectivity index (χ4v) is 3.29. The van der Waals surface area contributed by atoms with E-state index in [-0.39, 0.29) is 11.7 Å². The third-order valence-electron chi connectivity index (χ3n) is 3.00. The summed E-state index contributed by atoms with van der Waals surface area (Å²) in [4.78, 5) is 11.9. The van der Waals surface area contributed by atoms with Crippen molar-refractivity contribution in [3.05, 3.63) is 57.8 Å². The summed E-state index contributed by atoms with van der Waals surface area (Å²) in [6, 6.07) is 8.92. The second kappa shape index (κ2) is 6.84. The molecule has 5 nitrogen and oxygen atoms in total. The number of rotatable bonds is 6. The monoisotopic (exact) mass is 324 g/mol. The van der Waals surface area contributed by atoms with Crippen LogP contribution in [0, 0.1) is 0 Å². The second-order valence-electron chi connectivity index (χ2n) is 4.43.